The van der Waals surface area contributed by atoms with Crippen LogP contribution in [-0.4, -0.2) is 22.8 Å². The van der Waals surface area contributed by atoms with Crippen LogP contribution in [0.3, 0.4) is 0 Å². The van der Waals surface area contributed by atoms with Crippen molar-refractivity contribution in [1.29, 1.82) is 0 Å². The summed E-state index contributed by atoms with van der Waals surface area (Å²) >= 11 is 3.34. The summed E-state index contributed by atoms with van der Waals surface area (Å²) in [6.07, 6.45) is 1.28. The molecule has 4 amide bonds. The maximum Gasteiger partial charge on any atom is 0.335 e. The van der Waals surface area contributed by atoms with Crippen molar-refractivity contribution in [3.05, 3.63) is 104 Å². The van der Waals surface area contributed by atoms with Crippen molar-refractivity contribution in [2.24, 2.45) is 0 Å². The number of barbiturate groups is 1. The summed E-state index contributed by atoms with van der Waals surface area (Å²) in [6.45, 7) is 0.103. The van der Waals surface area contributed by atoms with Crippen LogP contribution >= 0.6 is 15.9 Å². The lowest BCUT2D eigenvalue weighted by Crippen LogP contribution is -2.54. The minimum atomic E-state index is -0.979. The number of nitrogens with one attached hydrogen (secondary N) is 1. The van der Waals surface area contributed by atoms with Crippen LogP contribution in [0.4, 0.5) is 20.6 Å². The second-order valence-electron chi connectivity index (χ2n) is 7.33. The molecule has 0 unspecified atom stereocenters. The number of imide groups is 2. The van der Waals surface area contributed by atoms with E-state index in [1.54, 1.807) is 30.3 Å². The molecule has 0 aromatic heterocycles. The van der Waals surface area contributed by atoms with Gasteiger partial charge in [-0.05, 0) is 54.1 Å². The predicted molar refractivity (Wildman–Crippen MR) is 127 cm³/mol. The molecule has 0 atom stereocenters. The van der Waals surface area contributed by atoms with E-state index >= 15 is 0 Å². The largest absolute Gasteiger partial charge is 0.488 e. The molecule has 11 heteroatoms. The number of halogens is 2. The van der Waals surface area contributed by atoms with Crippen molar-refractivity contribution < 1.29 is 28.4 Å². The number of rotatable bonds is 6. The molecule has 1 N–H and O–H groups in total. The number of amides is 4. The average molecular weight is 540 g/mol. The highest BCUT2D eigenvalue weighted by Gasteiger charge is 2.37. The highest BCUT2D eigenvalue weighted by Crippen LogP contribution is 2.29. The molecule has 1 fully saturated rings. The number of nitro groups is 1. The van der Waals surface area contributed by atoms with E-state index in [0.717, 1.165) is 12.1 Å². The topological polar surface area (TPSA) is 119 Å². The van der Waals surface area contributed by atoms with Crippen LogP contribution in [-0.2, 0) is 16.2 Å². The number of urea groups is 1. The molecule has 1 aliphatic rings. The van der Waals surface area contributed by atoms with E-state index in [2.05, 4.69) is 21.2 Å². The maximum atomic E-state index is 13.1. The lowest BCUT2D eigenvalue weighted by atomic mass is 10.1. The van der Waals surface area contributed by atoms with Gasteiger partial charge >= 0.3 is 6.03 Å². The Hall–Kier alpha value is -4.38. The number of carbonyl (C=O) groups excluding carboxylic acids is 3. The quantitative estimate of drug-likeness (QED) is 0.209. The van der Waals surface area contributed by atoms with E-state index in [-0.39, 0.29) is 29.4 Å². The Labute approximate surface area is 206 Å². The van der Waals surface area contributed by atoms with E-state index in [1.807, 2.05) is 0 Å². The first kappa shape index (κ1) is 23.8. The Kier molecular flexibility index (Phi) is 6.69. The van der Waals surface area contributed by atoms with Crippen molar-refractivity contribution in [3.8, 4) is 5.75 Å². The minimum absolute atomic E-state index is 0.0542. The molecule has 3 aromatic rings. The molecule has 0 aliphatic carbocycles. The van der Waals surface area contributed by atoms with Gasteiger partial charge < -0.3 is 4.74 Å². The number of benzene rings is 3. The number of ether oxygens (including phenoxy) is 1. The van der Waals surface area contributed by atoms with Gasteiger partial charge in [-0.3, -0.25) is 25.0 Å². The van der Waals surface area contributed by atoms with E-state index < -0.39 is 22.8 Å². The predicted octanol–water partition coefficient (Wildman–Crippen LogP) is 4.74. The van der Waals surface area contributed by atoms with Crippen LogP contribution in [0.5, 0.6) is 5.75 Å². The third-order valence-electron chi connectivity index (χ3n) is 5.00. The van der Waals surface area contributed by atoms with E-state index in [4.69, 9.17) is 4.74 Å². The Morgan fingerprint density at radius 2 is 1.71 bits per heavy atom. The van der Waals surface area contributed by atoms with Crippen molar-refractivity contribution in [2.45, 2.75) is 6.61 Å². The van der Waals surface area contributed by atoms with Crippen LogP contribution in [0.2, 0.25) is 0 Å². The fourth-order valence-corrected chi connectivity index (χ4v) is 3.65. The second-order valence-corrected chi connectivity index (χ2v) is 8.24. The number of hydrogen-bond acceptors (Lipinski definition) is 6. The third kappa shape index (κ3) is 5.25. The van der Waals surface area contributed by atoms with Gasteiger partial charge in [0, 0.05) is 22.2 Å². The molecular weight excluding hydrogens is 525 g/mol. The fourth-order valence-electron chi connectivity index (χ4n) is 3.28. The monoisotopic (exact) mass is 539 g/mol. The minimum Gasteiger partial charge on any atom is -0.488 e. The van der Waals surface area contributed by atoms with Crippen molar-refractivity contribution in [2.75, 3.05) is 4.90 Å². The molecule has 0 spiro atoms. The number of anilines is 1. The first-order valence-corrected chi connectivity index (χ1v) is 10.8. The SMILES string of the molecule is O=C1NC(=O)N(c2ccc([N+](=O)[O-])cc2)C(=O)/C1=C/c1cc(Br)ccc1OCc1ccc(F)cc1. The number of non-ortho nitro benzene ring substituents is 1. The van der Waals surface area contributed by atoms with Crippen molar-refractivity contribution >= 4 is 51.2 Å². The van der Waals surface area contributed by atoms with Gasteiger partial charge in [0.2, 0.25) is 0 Å². The molecule has 9 nitrogen and oxygen atoms in total. The van der Waals surface area contributed by atoms with Crippen LogP contribution < -0.4 is 15.0 Å². The summed E-state index contributed by atoms with van der Waals surface area (Å²) in [7, 11) is 0. The van der Waals surface area contributed by atoms with Gasteiger partial charge in [0.05, 0.1) is 10.6 Å². The van der Waals surface area contributed by atoms with Crippen molar-refractivity contribution in [1.82, 2.24) is 5.32 Å². The molecule has 0 saturated carbocycles. The standard InChI is InChI=1S/C24H15BrFN3O6/c25-16-3-10-21(35-13-14-1-4-17(26)5-2-14)15(11-16)12-20-22(30)27-24(32)28(23(20)31)18-6-8-19(9-7-18)29(33)34/h1-12H,13H2,(H,27,30,32)/b20-12+. The first-order chi connectivity index (χ1) is 16.7. The first-order valence-electron chi connectivity index (χ1n) is 10.1. The number of nitrogens with zero attached hydrogens (tertiary/aromatic N) is 2. The zero-order valence-corrected chi connectivity index (χ0v) is 19.3. The number of nitro benzene ring substituents is 1. The Morgan fingerprint density at radius 3 is 2.37 bits per heavy atom. The highest BCUT2D eigenvalue weighted by atomic mass is 79.9. The van der Waals surface area contributed by atoms with Gasteiger partial charge in [-0.2, -0.15) is 0 Å². The Morgan fingerprint density at radius 1 is 1.03 bits per heavy atom. The van der Waals surface area contributed by atoms with Crippen LogP contribution in [0.1, 0.15) is 11.1 Å². The van der Waals surface area contributed by atoms with Gasteiger partial charge in [0.25, 0.3) is 17.5 Å². The van der Waals surface area contributed by atoms with Crippen LogP contribution in [0, 0.1) is 15.9 Å². The molecule has 0 radical (unpaired) electrons. The van der Waals surface area contributed by atoms with Gasteiger partial charge in [0.1, 0.15) is 23.7 Å². The smallest absolute Gasteiger partial charge is 0.335 e. The molecule has 4 rings (SSSR count). The second kappa shape index (κ2) is 9.85. The number of hydrogen-bond donors (Lipinski definition) is 1. The Balaban J connectivity index is 1.65. The van der Waals surface area contributed by atoms with Crippen LogP contribution in [0.25, 0.3) is 6.08 Å². The lowest BCUT2D eigenvalue weighted by Gasteiger charge is -2.26. The Bertz CT molecular complexity index is 1370. The van der Waals surface area contributed by atoms with Gasteiger partial charge in [-0.1, -0.05) is 28.1 Å². The fraction of sp³-hybridized carbons (Fsp3) is 0.0417. The molecule has 3 aromatic carbocycles. The van der Waals surface area contributed by atoms with Gasteiger partial charge in [0.15, 0.2) is 0 Å². The molecule has 1 heterocycles. The lowest BCUT2D eigenvalue weighted by molar-refractivity contribution is -0.384. The molecule has 1 aliphatic heterocycles. The van der Waals surface area contributed by atoms with Crippen LogP contribution in [0.15, 0.2) is 76.8 Å². The molecule has 176 valence electrons. The normalized spacial score (nSPS) is 14.7. The molecular formula is C24H15BrFN3O6. The van der Waals surface area contributed by atoms with Gasteiger partial charge in [-0.15, -0.1) is 0 Å². The summed E-state index contributed by atoms with van der Waals surface area (Å²) in [5.41, 5.74) is 0.570. The third-order valence-corrected chi connectivity index (χ3v) is 5.49. The van der Waals surface area contributed by atoms with E-state index in [0.29, 0.717) is 26.2 Å². The summed E-state index contributed by atoms with van der Waals surface area (Å²) in [6, 6.07) is 14.5. The zero-order valence-electron chi connectivity index (χ0n) is 17.7. The average Bonchev–Trinajstić information content (AvgIpc) is 2.82. The summed E-state index contributed by atoms with van der Waals surface area (Å²) in [4.78, 5) is 49.0. The van der Waals surface area contributed by atoms with Crippen molar-refractivity contribution in [3.63, 3.8) is 0 Å². The van der Waals surface area contributed by atoms with E-state index in [1.165, 1.54) is 30.3 Å². The summed E-state index contributed by atoms with van der Waals surface area (Å²) in [5.74, 6) is -1.85. The number of carbonyl (C=O) groups is 3. The molecule has 35 heavy (non-hydrogen) atoms. The highest BCUT2D eigenvalue weighted by molar-refractivity contribution is 9.10. The zero-order chi connectivity index (χ0) is 25.1. The summed E-state index contributed by atoms with van der Waals surface area (Å²) < 4.78 is 19.6. The maximum absolute atomic E-state index is 13.1. The van der Waals surface area contributed by atoms with Gasteiger partial charge in [-0.25, -0.2) is 14.1 Å². The summed E-state index contributed by atoms with van der Waals surface area (Å²) in [5, 5.41) is 13.0. The molecule has 0 bridgehead atoms. The van der Waals surface area contributed by atoms with E-state index in [9.17, 15) is 28.9 Å². The molecule has 1 saturated heterocycles.